The maximum Gasteiger partial charge on any atom is 0.185 e. The van der Waals surface area contributed by atoms with Gasteiger partial charge in [-0.05, 0) is 5.41 Å². The second kappa shape index (κ2) is 2.92. The number of rotatable bonds is 0. The van der Waals surface area contributed by atoms with Crippen molar-refractivity contribution in [3.05, 3.63) is 14.5 Å². The molecular weight excluding hydrogens is 201 g/mol. The summed E-state index contributed by atoms with van der Waals surface area (Å²) < 4.78 is 0.514. The minimum Gasteiger partial charge on any atom is -0.213 e. The van der Waals surface area contributed by atoms with E-state index in [0.717, 1.165) is 4.88 Å². The third-order valence-electron chi connectivity index (χ3n) is 1.24. The van der Waals surface area contributed by atoms with Gasteiger partial charge < -0.3 is 0 Å². The van der Waals surface area contributed by atoms with Crippen molar-refractivity contribution in [2.45, 2.75) is 26.2 Å². The van der Waals surface area contributed by atoms with Gasteiger partial charge in [0.1, 0.15) is 5.15 Å². The summed E-state index contributed by atoms with van der Waals surface area (Å²) in [6.07, 6.45) is 0. The van der Waals surface area contributed by atoms with Gasteiger partial charge in [0, 0.05) is 0 Å². The molecule has 0 bridgehead atoms. The Bertz CT molecular complexity index is 262. The number of hydrogen-bond acceptors (Lipinski definition) is 2. The maximum atomic E-state index is 5.84. The van der Waals surface area contributed by atoms with Gasteiger partial charge in [0.15, 0.2) is 4.47 Å². The fraction of sp³-hybridized carbons (Fsp3) is 0.571. The van der Waals surface area contributed by atoms with Gasteiger partial charge in [-0.15, -0.1) is 11.3 Å². The van der Waals surface area contributed by atoms with Crippen molar-refractivity contribution in [1.29, 1.82) is 0 Å². The molecule has 0 N–H and O–H groups in total. The van der Waals surface area contributed by atoms with Crippen LogP contribution in [0.2, 0.25) is 9.62 Å². The van der Waals surface area contributed by atoms with Crippen LogP contribution in [0.4, 0.5) is 0 Å². The lowest BCUT2D eigenvalue weighted by molar-refractivity contribution is 0.602. The zero-order valence-corrected chi connectivity index (χ0v) is 8.94. The molecule has 0 saturated carbocycles. The van der Waals surface area contributed by atoms with E-state index in [1.807, 2.05) is 0 Å². The summed E-state index contributed by atoms with van der Waals surface area (Å²) in [6.45, 7) is 6.26. The van der Waals surface area contributed by atoms with Gasteiger partial charge in [0.25, 0.3) is 0 Å². The van der Waals surface area contributed by atoms with Crippen molar-refractivity contribution in [3.8, 4) is 0 Å². The zero-order valence-electron chi connectivity index (χ0n) is 6.61. The Labute approximate surface area is 80.4 Å². The average Bonchev–Trinajstić information content (AvgIpc) is 2.08. The van der Waals surface area contributed by atoms with E-state index >= 15 is 0 Å². The molecule has 11 heavy (non-hydrogen) atoms. The number of nitrogens with zero attached hydrogens (tertiary/aromatic N) is 1. The van der Waals surface area contributed by atoms with E-state index in [4.69, 9.17) is 23.2 Å². The van der Waals surface area contributed by atoms with E-state index in [-0.39, 0.29) is 5.41 Å². The van der Waals surface area contributed by atoms with Gasteiger partial charge in [-0.2, -0.15) is 0 Å². The van der Waals surface area contributed by atoms with Crippen molar-refractivity contribution >= 4 is 34.5 Å². The summed E-state index contributed by atoms with van der Waals surface area (Å²) in [5.74, 6) is 0. The van der Waals surface area contributed by atoms with Crippen molar-refractivity contribution < 1.29 is 0 Å². The molecule has 0 atom stereocenters. The third-order valence-corrected chi connectivity index (χ3v) is 3.21. The lowest BCUT2D eigenvalue weighted by Gasteiger charge is -2.15. The van der Waals surface area contributed by atoms with E-state index in [9.17, 15) is 0 Å². The van der Waals surface area contributed by atoms with Crippen LogP contribution in [0.1, 0.15) is 25.6 Å². The second-order valence-electron chi connectivity index (χ2n) is 3.34. The van der Waals surface area contributed by atoms with Crippen LogP contribution in [0, 0.1) is 0 Å². The van der Waals surface area contributed by atoms with Gasteiger partial charge in [0.05, 0.1) is 4.88 Å². The highest BCUT2D eigenvalue weighted by Gasteiger charge is 2.21. The molecule has 4 heteroatoms. The highest BCUT2D eigenvalue weighted by molar-refractivity contribution is 7.16. The highest BCUT2D eigenvalue weighted by Crippen LogP contribution is 2.35. The van der Waals surface area contributed by atoms with Gasteiger partial charge in [-0.3, -0.25) is 0 Å². The Kier molecular flexibility index (Phi) is 2.47. The second-order valence-corrected chi connectivity index (χ2v) is 5.28. The Morgan fingerprint density at radius 3 is 2.00 bits per heavy atom. The molecule has 0 aromatic carbocycles. The average molecular weight is 210 g/mol. The molecule has 0 aliphatic heterocycles. The van der Waals surface area contributed by atoms with Crippen LogP contribution in [0.25, 0.3) is 0 Å². The van der Waals surface area contributed by atoms with E-state index in [2.05, 4.69) is 25.8 Å². The lowest BCUT2D eigenvalue weighted by Crippen LogP contribution is -2.08. The molecule has 0 fully saturated rings. The minimum atomic E-state index is 0.0435. The Hall–Kier alpha value is 0.210. The molecule has 1 rings (SSSR count). The molecule has 62 valence electrons. The van der Waals surface area contributed by atoms with Crippen LogP contribution in [0.15, 0.2) is 0 Å². The van der Waals surface area contributed by atoms with Crippen molar-refractivity contribution in [1.82, 2.24) is 4.98 Å². The number of aromatic nitrogens is 1. The Morgan fingerprint density at radius 1 is 1.27 bits per heavy atom. The molecule has 1 nitrogen and oxygen atoms in total. The summed E-state index contributed by atoms with van der Waals surface area (Å²) in [7, 11) is 0. The van der Waals surface area contributed by atoms with Crippen LogP contribution in [-0.4, -0.2) is 4.98 Å². The first-order valence-corrected chi connectivity index (χ1v) is 4.81. The van der Waals surface area contributed by atoms with E-state index < -0.39 is 0 Å². The van der Waals surface area contributed by atoms with Crippen LogP contribution < -0.4 is 0 Å². The normalized spacial score (nSPS) is 12.1. The Morgan fingerprint density at radius 2 is 1.82 bits per heavy atom. The number of halogens is 2. The van der Waals surface area contributed by atoms with Crippen molar-refractivity contribution in [3.63, 3.8) is 0 Å². The molecule has 0 amide bonds. The molecule has 0 aliphatic carbocycles. The fourth-order valence-electron chi connectivity index (χ4n) is 0.740. The molecule has 1 heterocycles. The summed E-state index contributed by atoms with van der Waals surface area (Å²) >= 11 is 13.0. The number of hydrogen-bond donors (Lipinski definition) is 0. The summed E-state index contributed by atoms with van der Waals surface area (Å²) in [4.78, 5) is 4.97. The summed E-state index contributed by atoms with van der Waals surface area (Å²) in [5, 5.41) is 0.535. The smallest absolute Gasteiger partial charge is 0.185 e. The third kappa shape index (κ3) is 2.08. The fourth-order valence-corrected chi connectivity index (χ4v) is 2.37. The lowest BCUT2D eigenvalue weighted by atomic mass is 9.95. The van der Waals surface area contributed by atoms with Gasteiger partial charge in [-0.25, -0.2) is 4.98 Å². The standard InChI is InChI=1S/C7H9Cl2NS/c1-7(2,3)4-5(8)10-6(9)11-4/h1-3H3. The van der Waals surface area contributed by atoms with E-state index in [1.54, 1.807) is 0 Å². The molecule has 0 saturated heterocycles. The van der Waals surface area contributed by atoms with Gasteiger partial charge in [-0.1, -0.05) is 44.0 Å². The van der Waals surface area contributed by atoms with Crippen LogP contribution >= 0.6 is 34.5 Å². The van der Waals surface area contributed by atoms with Gasteiger partial charge >= 0.3 is 0 Å². The molecule has 1 aromatic heterocycles. The van der Waals surface area contributed by atoms with Crippen LogP contribution in [0.3, 0.4) is 0 Å². The predicted molar refractivity (Wildman–Crippen MR) is 50.8 cm³/mol. The molecule has 0 radical (unpaired) electrons. The zero-order chi connectivity index (χ0) is 8.65. The minimum absolute atomic E-state index is 0.0435. The summed E-state index contributed by atoms with van der Waals surface area (Å²) in [6, 6.07) is 0. The molecular formula is C7H9Cl2NS. The molecule has 0 aliphatic rings. The number of thiazole rings is 1. The first kappa shape index (κ1) is 9.30. The quantitative estimate of drug-likeness (QED) is 0.635. The molecule has 0 spiro atoms. The van der Waals surface area contributed by atoms with Crippen molar-refractivity contribution in [2.75, 3.05) is 0 Å². The Balaban J connectivity index is 3.13. The van der Waals surface area contributed by atoms with Gasteiger partial charge in [0.2, 0.25) is 0 Å². The highest BCUT2D eigenvalue weighted by atomic mass is 35.5. The topological polar surface area (TPSA) is 12.9 Å². The van der Waals surface area contributed by atoms with Crippen molar-refractivity contribution in [2.24, 2.45) is 0 Å². The monoisotopic (exact) mass is 209 g/mol. The SMILES string of the molecule is CC(C)(C)c1sc(Cl)nc1Cl. The van der Waals surface area contributed by atoms with Crippen LogP contribution in [-0.2, 0) is 5.41 Å². The largest absolute Gasteiger partial charge is 0.213 e. The molecule has 1 aromatic rings. The van der Waals surface area contributed by atoms with E-state index in [0.29, 0.717) is 9.62 Å². The van der Waals surface area contributed by atoms with E-state index in [1.165, 1.54) is 11.3 Å². The summed E-state index contributed by atoms with van der Waals surface area (Å²) in [5.41, 5.74) is 0.0435. The first-order valence-electron chi connectivity index (χ1n) is 3.23. The first-order chi connectivity index (χ1) is 4.91. The molecule has 0 unspecified atom stereocenters. The van der Waals surface area contributed by atoms with Crippen LogP contribution in [0.5, 0.6) is 0 Å². The maximum absolute atomic E-state index is 5.84. The predicted octanol–water partition coefficient (Wildman–Crippen LogP) is 3.75.